The molecule has 0 radical (unpaired) electrons. The minimum atomic E-state index is 0.305. The summed E-state index contributed by atoms with van der Waals surface area (Å²) in [5, 5.41) is 10.7. The Labute approximate surface area is 169 Å². The largest absolute Gasteiger partial charge is 0.369 e. The third-order valence-electron chi connectivity index (χ3n) is 5.67. The molecule has 1 N–H and O–H groups in total. The second-order valence-electron chi connectivity index (χ2n) is 7.48. The third kappa shape index (κ3) is 3.23. The van der Waals surface area contributed by atoms with Gasteiger partial charge in [-0.3, -0.25) is 4.98 Å². The maximum Gasteiger partial charge on any atom is 0.111 e. The van der Waals surface area contributed by atoms with Gasteiger partial charge in [-0.05, 0) is 24.5 Å². The van der Waals surface area contributed by atoms with Gasteiger partial charge in [0, 0.05) is 30.6 Å². The van der Waals surface area contributed by atoms with Crippen molar-refractivity contribution in [3.8, 4) is 17.3 Å². The van der Waals surface area contributed by atoms with Crippen molar-refractivity contribution in [1.29, 1.82) is 5.26 Å². The zero-order valence-corrected chi connectivity index (χ0v) is 16.0. The number of nitriles is 1. The average molecular weight is 379 g/mol. The highest BCUT2D eigenvalue weighted by Crippen LogP contribution is 2.35. The number of pyridine rings is 1. The van der Waals surface area contributed by atoms with Crippen molar-refractivity contribution >= 4 is 16.6 Å². The molecule has 1 saturated heterocycles. The lowest BCUT2D eigenvalue weighted by Crippen LogP contribution is -2.35. The van der Waals surface area contributed by atoms with Crippen LogP contribution in [0.15, 0.2) is 67.0 Å². The normalized spacial score (nSPS) is 16.7. The van der Waals surface area contributed by atoms with Crippen molar-refractivity contribution in [2.75, 3.05) is 18.0 Å². The summed E-state index contributed by atoms with van der Waals surface area (Å²) in [5.74, 6) is 1.32. The second kappa shape index (κ2) is 7.40. The Balaban J connectivity index is 1.47. The van der Waals surface area contributed by atoms with E-state index in [0.29, 0.717) is 11.5 Å². The first kappa shape index (κ1) is 17.4. The van der Waals surface area contributed by atoms with E-state index in [9.17, 15) is 5.26 Å². The molecule has 0 aliphatic carbocycles. The molecular weight excluding hydrogens is 358 g/mol. The van der Waals surface area contributed by atoms with Crippen molar-refractivity contribution in [2.24, 2.45) is 0 Å². The third-order valence-corrected chi connectivity index (χ3v) is 5.67. The van der Waals surface area contributed by atoms with E-state index in [4.69, 9.17) is 0 Å². The first-order valence-electron chi connectivity index (χ1n) is 9.96. The number of rotatable bonds is 3. The van der Waals surface area contributed by atoms with Gasteiger partial charge in [0.15, 0.2) is 0 Å². The van der Waals surface area contributed by atoms with Crippen molar-refractivity contribution in [3.63, 3.8) is 0 Å². The highest BCUT2D eigenvalue weighted by Gasteiger charge is 2.26. The van der Waals surface area contributed by atoms with E-state index in [-0.39, 0.29) is 0 Å². The SMILES string of the molecule is N#Cc1cnc2ccccc2c1N1CCCC(c2ncc(-c3ccccc3)[nH]2)C1. The number of hydrogen-bond acceptors (Lipinski definition) is 4. The lowest BCUT2D eigenvalue weighted by Gasteiger charge is -2.34. The van der Waals surface area contributed by atoms with E-state index in [1.807, 2.05) is 42.6 Å². The molecule has 0 amide bonds. The maximum absolute atomic E-state index is 9.69. The first-order valence-corrected chi connectivity index (χ1v) is 9.96. The molecule has 1 atom stereocenters. The predicted octanol–water partition coefficient (Wildman–Crippen LogP) is 4.88. The number of aromatic nitrogens is 3. The number of benzene rings is 2. The smallest absolute Gasteiger partial charge is 0.111 e. The molecule has 4 aromatic rings. The molecule has 0 spiro atoms. The lowest BCUT2D eigenvalue weighted by atomic mass is 9.95. The minimum Gasteiger partial charge on any atom is -0.369 e. The molecule has 1 fully saturated rings. The molecular formula is C24H21N5. The molecule has 2 aromatic heterocycles. The second-order valence-corrected chi connectivity index (χ2v) is 7.48. The highest BCUT2D eigenvalue weighted by molar-refractivity contribution is 5.94. The minimum absolute atomic E-state index is 0.305. The Morgan fingerprint density at radius 3 is 2.69 bits per heavy atom. The monoisotopic (exact) mass is 379 g/mol. The molecule has 5 heteroatoms. The fraction of sp³-hybridized carbons (Fsp3) is 0.208. The standard InChI is InChI=1S/C24H21N5/c25-13-19-14-26-21-11-5-4-10-20(21)23(19)29-12-6-9-18(16-29)24-27-15-22(28-24)17-7-2-1-3-8-17/h1-5,7-8,10-11,14-15,18H,6,9,12,16H2,(H,27,28). The molecule has 1 aliphatic heterocycles. The number of hydrogen-bond donors (Lipinski definition) is 1. The van der Waals surface area contributed by atoms with Crippen molar-refractivity contribution in [2.45, 2.75) is 18.8 Å². The van der Waals surface area contributed by atoms with Crippen LogP contribution in [-0.4, -0.2) is 28.0 Å². The molecule has 2 aromatic carbocycles. The molecule has 5 rings (SSSR count). The van der Waals surface area contributed by atoms with E-state index in [2.05, 4.69) is 44.1 Å². The van der Waals surface area contributed by atoms with Gasteiger partial charge in [-0.1, -0.05) is 48.5 Å². The predicted molar refractivity (Wildman–Crippen MR) is 115 cm³/mol. The number of piperidine rings is 1. The lowest BCUT2D eigenvalue weighted by molar-refractivity contribution is 0.495. The molecule has 29 heavy (non-hydrogen) atoms. The van der Waals surface area contributed by atoms with Crippen LogP contribution in [0.25, 0.3) is 22.2 Å². The fourth-order valence-electron chi connectivity index (χ4n) is 4.26. The van der Waals surface area contributed by atoms with Crippen LogP contribution >= 0.6 is 0 Å². The summed E-state index contributed by atoms with van der Waals surface area (Å²) < 4.78 is 0. The zero-order valence-electron chi connectivity index (χ0n) is 16.0. The van der Waals surface area contributed by atoms with Gasteiger partial charge >= 0.3 is 0 Å². The molecule has 3 heterocycles. The number of nitrogens with zero attached hydrogens (tertiary/aromatic N) is 4. The van der Waals surface area contributed by atoms with Crippen LogP contribution in [0.3, 0.4) is 0 Å². The van der Waals surface area contributed by atoms with Gasteiger partial charge in [0.05, 0.1) is 28.7 Å². The van der Waals surface area contributed by atoms with Gasteiger partial charge in [-0.2, -0.15) is 5.26 Å². The van der Waals surface area contributed by atoms with Crippen LogP contribution in [-0.2, 0) is 0 Å². The summed E-state index contributed by atoms with van der Waals surface area (Å²) >= 11 is 0. The van der Waals surface area contributed by atoms with Crippen molar-refractivity contribution < 1.29 is 0 Å². The molecule has 5 nitrogen and oxygen atoms in total. The molecule has 142 valence electrons. The summed E-state index contributed by atoms with van der Waals surface area (Å²) in [4.78, 5) is 15.0. The maximum atomic E-state index is 9.69. The Hall–Kier alpha value is -3.65. The number of para-hydroxylation sites is 1. The number of imidazole rings is 1. The van der Waals surface area contributed by atoms with Crippen molar-refractivity contribution in [3.05, 3.63) is 78.4 Å². The number of fused-ring (bicyclic) bond motifs is 1. The Bertz CT molecular complexity index is 1190. The summed E-state index contributed by atoms with van der Waals surface area (Å²) in [6.07, 6.45) is 5.77. The van der Waals surface area contributed by atoms with Gasteiger partial charge in [0.1, 0.15) is 11.9 Å². The summed E-state index contributed by atoms with van der Waals surface area (Å²) in [5.41, 5.74) is 4.75. The Morgan fingerprint density at radius 2 is 1.83 bits per heavy atom. The van der Waals surface area contributed by atoms with Crippen LogP contribution in [0.5, 0.6) is 0 Å². The van der Waals surface area contributed by atoms with Crippen LogP contribution in [0.2, 0.25) is 0 Å². The average Bonchev–Trinajstić information content (AvgIpc) is 3.29. The number of aromatic amines is 1. The molecule has 1 unspecified atom stereocenters. The Kier molecular flexibility index (Phi) is 4.45. The van der Waals surface area contributed by atoms with Gasteiger partial charge in [-0.25, -0.2) is 4.98 Å². The number of nitrogens with one attached hydrogen (secondary N) is 1. The number of H-pyrrole nitrogens is 1. The first-order chi connectivity index (χ1) is 14.3. The zero-order chi connectivity index (χ0) is 19.6. The highest BCUT2D eigenvalue weighted by atomic mass is 15.1. The number of anilines is 1. The topological polar surface area (TPSA) is 68.6 Å². The molecule has 1 aliphatic rings. The Morgan fingerprint density at radius 1 is 1.00 bits per heavy atom. The van der Waals surface area contributed by atoms with Crippen LogP contribution < -0.4 is 4.90 Å². The summed E-state index contributed by atoms with van der Waals surface area (Å²) in [6.45, 7) is 1.77. The van der Waals surface area contributed by atoms with Gasteiger partial charge in [0.25, 0.3) is 0 Å². The molecule has 0 saturated carbocycles. The van der Waals surface area contributed by atoms with E-state index in [1.165, 1.54) is 0 Å². The van der Waals surface area contributed by atoms with E-state index < -0.39 is 0 Å². The van der Waals surface area contributed by atoms with E-state index in [0.717, 1.165) is 59.6 Å². The van der Waals surface area contributed by atoms with Crippen LogP contribution in [0.4, 0.5) is 5.69 Å². The van der Waals surface area contributed by atoms with Gasteiger partial charge in [-0.15, -0.1) is 0 Å². The molecule has 0 bridgehead atoms. The quantitative estimate of drug-likeness (QED) is 0.551. The summed E-state index contributed by atoms with van der Waals surface area (Å²) in [7, 11) is 0. The van der Waals surface area contributed by atoms with Gasteiger partial charge < -0.3 is 9.88 Å². The van der Waals surface area contributed by atoms with E-state index in [1.54, 1.807) is 6.20 Å². The fourth-order valence-corrected chi connectivity index (χ4v) is 4.26. The van der Waals surface area contributed by atoms with E-state index >= 15 is 0 Å². The van der Waals surface area contributed by atoms with Crippen LogP contribution in [0, 0.1) is 11.3 Å². The summed E-state index contributed by atoms with van der Waals surface area (Å²) in [6, 6.07) is 20.7. The van der Waals surface area contributed by atoms with Crippen LogP contribution in [0.1, 0.15) is 30.1 Å². The van der Waals surface area contributed by atoms with Gasteiger partial charge in [0.2, 0.25) is 0 Å². The van der Waals surface area contributed by atoms with Crippen molar-refractivity contribution in [1.82, 2.24) is 15.0 Å².